The van der Waals surface area contributed by atoms with Gasteiger partial charge >= 0.3 is 0 Å². The molecule has 1 aromatic rings. The summed E-state index contributed by atoms with van der Waals surface area (Å²) in [5.41, 5.74) is 0.923. The van der Waals surface area contributed by atoms with Crippen LogP contribution in [0.3, 0.4) is 0 Å². The van der Waals surface area contributed by atoms with Crippen molar-refractivity contribution in [2.24, 2.45) is 0 Å². The fraction of sp³-hybridized carbons (Fsp3) is 0.667. The van der Waals surface area contributed by atoms with Crippen LogP contribution in [0.1, 0.15) is 31.7 Å². The van der Waals surface area contributed by atoms with E-state index in [4.69, 9.17) is 0 Å². The van der Waals surface area contributed by atoms with Crippen molar-refractivity contribution in [2.75, 3.05) is 13.1 Å². The SMILES string of the molecule is CCCNCCCCn1ncc(C)cc1=O. The first-order chi connectivity index (χ1) is 7.74. The number of nitrogens with one attached hydrogen (secondary N) is 1. The van der Waals surface area contributed by atoms with Crippen LogP contribution in [0.15, 0.2) is 17.1 Å². The lowest BCUT2D eigenvalue weighted by molar-refractivity contribution is 0.514. The van der Waals surface area contributed by atoms with E-state index in [0.29, 0.717) is 6.54 Å². The fourth-order valence-electron chi connectivity index (χ4n) is 1.51. The molecule has 0 fully saturated rings. The van der Waals surface area contributed by atoms with E-state index in [1.807, 2.05) is 6.92 Å². The van der Waals surface area contributed by atoms with Crippen LogP contribution in [-0.4, -0.2) is 22.9 Å². The van der Waals surface area contributed by atoms with Gasteiger partial charge < -0.3 is 5.32 Å². The molecule has 0 saturated carbocycles. The number of hydrogen-bond acceptors (Lipinski definition) is 3. The van der Waals surface area contributed by atoms with E-state index in [2.05, 4.69) is 17.3 Å². The summed E-state index contributed by atoms with van der Waals surface area (Å²) < 4.78 is 1.53. The van der Waals surface area contributed by atoms with E-state index >= 15 is 0 Å². The largest absolute Gasteiger partial charge is 0.317 e. The predicted molar refractivity (Wildman–Crippen MR) is 65.6 cm³/mol. The second kappa shape index (κ2) is 7.17. The molecule has 4 heteroatoms. The number of aromatic nitrogens is 2. The average molecular weight is 223 g/mol. The van der Waals surface area contributed by atoms with Crippen LogP contribution in [0.4, 0.5) is 0 Å². The van der Waals surface area contributed by atoms with Gasteiger partial charge in [-0.15, -0.1) is 0 Å². The Labute approximate surface area is 96.7 Å². The van der Waals surface area contributed by atoms with Gasteiger partial charge in [0.05, 0.1) is 6.20 Å². The highest BCUT2D eigenvalue weighted by Gasteiger charge is 1.97. The first-order valence-corrected chi connectivity index (χ1v) is 5.98. The number of rotatable bonds is 7. The van der Waals surface area contributed by atoms with Gasteiger partial charge in [-0.3, -0.25) is 4.79 Å². The Morgan fingerprint density at radius 1 is 1.38 bits per heavy atom. The normalized spacial score (nSPS) is 10.6. The maximum absolute atomic E-state index is 11.5. The molecule has 0 radical (unpaired) electrons. The minimum absolute atomic E-state index is 0.00140. The van der Waals surface area contributed by atoms with Crippen LogP contribution in [-0.2, 0) is 6.54 Å². The molecule has 0 spiro atoms. The van der Waals surface area contributed by atoms with E-state index in [1.54, 1.807) is 12.3 Å². The Morgan fingerprint density at radius 2 is 2.19 bits per heavy atom. The summed E-state index contributed by atoms with van der Waals surface area (Å²) >= 11 is 0. The topological polar surface area (TPSA) is 46.9 Å². The predicted octanol–water partition coefficient (Wildman–Crippen LogP) is 1.33. The zero-order chi connectivity index (χ0) is 11.8. The van der Waals surface area contributed by atoms with Crippen molar-refractivity contribution in [3.63, 3.8) is 0 Å². The van der Waals surface area contributed by atoms with Gasteiger partial charge in [0.2, 0.25) is 0 Å². The van der Waals surface area contributed by atoms with Gasteiger partial charge in [-0.05, 0) is 44.8 Å². The molecular formula is C12H21N3O. The number of unbranched alkanes of at least 4 members (excludes halogenated alkanes) is 1. The van der Waals surface area contributed by atoms with Gasteiger partial charge in [0.25, 0.3) is 5.56 Å². The third kappa shape index (κ3) is 4.57. The maximum atomic E-state index is 11.5. The second-order valence-corrected chi connectivity index (χ2v) is 4.05. The summed E-state index contributed by atoms with van der Waals surface area (Å²) in [7, 11) is 0. The van der Waals surface area contributed by atoms with Crippen LogP contribution < -0.4 is 10.9 Å². The molecule has 1 rings (SSSR count). The van der Waals surface area contributed by atoms with Gasteiger partial charge in [-0.25, -0.2) is 4.68 Å². The third-order valence-corrected chi connectivity index (χ3v) is 2.41. The van der Waals surface area contributed by atoms with Crippen molar-refractivity contribution in [3.05, 3.63) is 28.2 Å². The summed E-state index contributed by atoms with van der Waals surface area (Å²) in [5, 5.41) is 7.43. The third-order valence-electron chi connectivity index (χ3n) is 2.41. The van der Waals surface area contributed by atoms with Crippen LogP contribution in [0.5, 0.6) is 0 Å². The standard InChI is InChI=1S/C12H21N3O/c1-3-6-13-7-4-5-8-15-12(16)9-11(2)10-14-15/h9-10,13H,3-8H2,1-2H3. The molecule has 1 heterocycles. The number of nitrogens with zero attached hydrogens (tertiary/aromatic N) is 2. The van der Waals surface area contributed by atoms with Gasteiger partial charge in [0.15, 0.2) is 0 Å². The summed E-state index contributed by atoms with van der Waals surface area (Å²) in [6.45, 7) is 6.85. The maximum Gasteiger partial charge on any atom is 0.266 e. The zero-order valence-electron chi connectivity index (χ0n) is 10.2. The molecule has 90 valence electrons. The molecule has 0 aliphatic carbocycles. The zero-order valence-corrected chi connectivity index (χ0v) is 10.2. The molecule has 1 N–H and O–H groups in total. The van der Waals surface area contributed by atoms with Crippen LogP contribution in [0.25, 0.3) is 0 Å². The van der Waals surface area contributed by atoms with Gasteiger partial charge in [0, 0.05) is 12.6 Å². The first-order valence-electron chi connectivity index (χ1n) is 5.98. The first kappa shape index (κ1) is 12.9. The van der Waals surface area contributed by atoms with E-state index in [9.17, 15) is 4.79 Å². The number of hydrogen-bond donors (Lipinski definition) is 1. The molecule has 0 aliphatic rings. The van der Waals surface area contributed by atoms with Crippen molar-refractivity contribution in [1.29, 1.82) is 0 Å². The second-order valence-electron chi connectivity index (χ2n) is 4.05. The highest BCUT2D eigenvalue weighted by molar-refractivity contribution is 5.02. The van der Waals surface area contributed by atoms with Gasteiger partial charge in [-0.2, -0.15) is 5.10 Å². The molecular weight excluding hydrogens is 202 g/mol. The van der Waals surface area contributed by atoms with E-state index in [1.165, 1.54) is 11.1 Å². The molecule has 0 aliphatic heterocycles. The quantitative estimate of drug-likeness (QED) is 0.709. The molecule has 0 unspecified atom stereocenters. The Hall–Kier alpha value is -1.16. The lowest BCUT2D eigenvalue weighted by atomic mass is 10.3. The van der Waals surface area contributed by atoms with E-state index in [-0.39, 0.29) is 5.56 Å². The Morgan fingerprint density at radius 3 is 2.88 bits per heavy atom. The smallest absolute Gasteiger partial charge is 0.266 e. The van der Waals surface area contributed by atoms with Crippen molar-refractivity contribution in [2.45, 2.75) is 39.7 Å². The van der Waals surface area contributed by atoms with Crippen LogP contribution >= 0.6 is 0 Å². The summed E-state index contributed by atoms with van der Waals surface area (Å²) in [4.78, 5) is 11.5. The lowest BCUT2D eigenvalue weighted by Gasteiger charge is -2.05. The van der Waals surface area contributed by atoms with Crippen LogP contribution in [0, 0.1) is 6.92 Å². The highest BCUT2D eigenvalue weighted by atomic mass is 16.1. The molecule has 1 aromatic heterocycles. The minimum atomic E-state index is 0.00140. The summed E-state index contributed by atoms with van der Waals surface area (Å²) in [5.74, 6) is 0. The van der Waals surface area contributed by atoms with Gasteiger partial charge in [-0.1, -0.05) is 6.92 Å². The number of aryl methyl sites for hydroxylation is 2. The molecule has 16 heavy (non-hydrogen) atoms. The van der Waals surface area contributed by atoms with Gasteiger partial charge in [0.1, 0.15) is 0 Å². The van der Waals surface area contributed by atoms with Crippen molar-refractivity contribution in [3.8, 4) is 0 Å². The summed E-state index contributed by atoms with van der Waals surface area (Å²) in [6, 6.07) is 1.63. The molecule has 4 nitrogen and oxygen atoms in total. The molecule has 0 amide bonds. The Bertz CT molecular complexity index is 360. The van der Waals surface area contributed by atoms with Crippen molar-refractivity contribution >= 4 is 0 Å². The fourth-order valence-corrected chi connectivity index (χ4v) is 1.51. The highest BCUT2D eigenvalue weighted by Crippen LogP contribution is 1.92. The van der Waals surface area contributed by atoms with E-state index in [0.717, 1.165) is 31.5 Å². The molecule has 0 saturated heterocycles. The van der Waals surface area contributed by atoms with Crippen molar-refractivity contribution in [1.82, 2.24) is 15.1 Å². The summed E-state index contributed by atoms with van der Waals surface area (Å²) in [6.07, 6.45) is 4.98. The molecule has 0 bridgehead atoms. The average Bonchev–Trinajstić information content (AvgIpc) is 2.26. The monoisotopic (exact) mass is 223 g/mol. The molecule has 0 aromatic carbocycles. The minimum Gasteiger partial charge on any atom is -0.317 e. The van der Waals surface area contributed by atoms with E-state index < -0.39 is 0 Å². The Kier molecular flexibility index (Phi) is 5.78. The van der Waals surface area contributed by atoms with Crippen molar-refractivity contribution < 1.29 is 0 Å². The van der Waals surface area contributed by atoms with Crippen LogP contribution in [0.2, 0.25) is 0 Å². The molecule has 0 atom stereocenters. The Balaban J connectivity index is 2.24. The lowest BCUT2D eigenvalue weighted by Crippen LogP contribution is -2.23.